The van der Waals surface area contributed by atoms with Gasteiger partial charge in [0.2, 0.25) is 0 Å². The van der Waals surface area contributed by atoms with E-state index in [1.54, 1.807) is 24.3 Å². The lowest BCUT2D eigenvalue weighted by molar-refractivity contribution is -0.142. The fraction of sp³-hybridized carbons (Fsp3) is 0.222. The smallest absolute Gasteiger partial charge is 0.328 e. The minimum Gasteiger partial charge on any atom is -0.497 e. The molecule has 1 N–H and O–H groups in total. The SMILES string of the molecule is COC(=O)[C@@H](Cc1cccc(OC)c1)NC(=O)c1cccc(F)c1F. The lowest BCUT2D eigenvalue weighted by Gasteiger charge is -2.17. The van der Waals surface area contributed by atoms with Crippen LogP contribution in [0, 0.1) is 11.6 Å². The number of benzene rings is 2. The lowest BCUT2D eigenvalue weighted by Crippen LogP contribution is -2.43. The molecule has 132 valence electrons. The maximum absolute atomic E-state index is 13.7. The third kappa shape index (κ3) is 4.53. The average Bonchev–Trinajstić information content (AvgIpc) is 2.62. The van der Waals surface area contributed by atoms with Gasteiger partial charge in [-0.1, -0.05) is 18.2 Å². The van der Waals surface area contributed by atoms with Crippen LogP contribution in [-0.4, -0.2) is 32.1 Å². The van der Waals surface area contributed by atoms with Gasteiger partial charge in [-0.25, -0.2) is 13.6 Å². The van der Waals surface area contributed by atoms with E-state index in [0.717, 1.165) is 12.1 Å². The van der Waals surface area contributed by atoms with Crippen LogP contribution in [-0.2, 0) is 16.0 Å². The molecule has 2 rings (SSSR count). The van der Waals surface area contributed by atoms with E-state index in [9.17, 15) is 18.4 Å². The lowest BCUT2D eigenvalue weighted by atomic mass is 10.0. The highest BCUT2D eigenvalue weighted by Crippen LogP contribution is 2.16. The van der Waals surface area contributed by atoms with Crippen molar-refractivity contribution in [2.75, 3.05) is 14.2 Å². The van der Waals surface area contributed by atoms with Crippen LogP contribution in [0.1, 0.15) is 15.9 Å². The zero-order valence-electron chi connectivity index (χ0n) is 13.7. The number of methoxy groups -OCH3 is 2. The Bertz CT molecular complexity index is 779. The molecule has 0 radical (unpaired) electrons. The molecule has 0 aliphatic rings. The summed E-state index contributed by atoms with van der Waals surface area (Å²) in [6.07, 6.45) is 0.104. The number of esters is 1. The van der Waals surface area contributed by atoms with Crippen LogP contribution in [0.3, 0.4) is 0 Å². The molecule has 2 aromatic rings. The van der Waals surface area contributed by atoms with E-state index in [4.69, 9.17) is 4.74 Å². The molecule has 25 heavy (non-hydrogen) atoms. The highest BCUT2D eigenvalue weighted by molar-refractivity contribution is 5.97. The standard InChI is InChI=1S/C18H17F2NO4/c1-24-12-6-3-5-11(9-12)10-15(18(23)25-2)21-17(22)13-7-4-8-14(19)16(13)20/h3-9,15H,10H2,1-2H3,(H,21,22)/t15-/m1/s1. The van der Waals surface area contributed by atoms with Crippen LogP contribution in [0.5, 0.6) is 5.75 Å². The minimum absolute atomic E-state index is 0.104. The summed E-state index contributed by atoms with van der Waals surface area (Å²) >= 11 is 0. The molecule has 0 aromatic heterocycles. The second-order valence-electron chi connectivity index (χ2n) is 5.21. The van der Waals surface area contributed by atoms with E-state index in [1.807, 2.05) is 0 Å². The first-order valence-corrected chi connectivity index (χ1v) is 7.42. The molecule has 0 aliphatic heterocycles. The van der Waals surface area contributed by atoms with Crippen LogP contribution in [0.15, 0.2) is 42.5 Å². The van der Waals surface area contributed by atoms with Gasteiger partial charge in [0.15, 0.2) is 11.6 Å². The molecule has 0 unspecified atom stereocenters. The Kier molecular flexibility index (Phi) is 6.05. The highest BCUT2D eigenvalue weighted by atomic mass is 19.2. The summed E-state index contributed by atoms with van der Waals surface area (Å²) in [5.41, 5.74) is 0.217. The van der Waals surface area contributed by atoms with Gasteiger partial charge >= 0.3 is 5.97 Å². The Morgan fingerprint density at radius 3 is 2.52 bits per heavy atom. The number of carbonyl (C=O) groups excluding carboxylic acids is 2. The van der Waals surface area contributed by atoms with Crippen LogP contribution in [0.2, 0.25) is 0 Å². The number of carbonyl (C=O) groups is 2. The summed E-state index contributed by atoms with van der Waals surface area (Å²) in [5, 5.41) is 2.38. The van der Waals surface area contributed by atoms with Gasteiger partial charge in [0, 0.05) is 6.42 Å². The van der Waals surface area contributed by atoms with Gasteiger partial charge in [-0.15, -0.1) is 0 Å². The molecule has 0 aliphatic carbocycles. The molecule has 1 amide bonds. The topological polar surface area (TPSA) is 64.6 Å². The van der Waals surface area contributed by atoms with Crippen LogP contribution >= 0.6 is 0 Å². The van der Waals surface area contributed by atoms with Gasteiger partial charge in [0.1, 0.15) is 11.8 Å². The van der Waals surface area contributed by atoms with Gasteiger partial charge in [-0.3, -0.25) is 4.79 Å². The normalized spacial score (nSPS) is 11.5. The van der Waals surface area contributed by atoms with Crippen molar-refractivity contribution in [3.8, 4) is 5.75 Å². The van der Waals surface area contributed by atoms with E-state index in [0.29, 0.717) is 11.3 Å². The predicted molar refractivity (Wildman–Crippen MR) is 86.3 cm³/mol. The van der Waals surface area contributed by atoms with Crippen molar-refractivity contribution in [1.29, 1.82) is 0 Å². The second-order valence-corrected chi connectivity index (χ2v) is 5.21. The van der Waals surface area contributed by atoms with Crippen molar-refractivity contribution < 1.29 is 27.8 Å². The van der Waals surface area contributed by atoms with E-state index >= 15 is 0 Å². The van der Waals surface area contributed by atoms with E-state index in [-0.39, 0.29) is 6.42 Å². The monoisotopic (exact) mass is 349 g/mol. The number of hydrogen-bond acceptors (Lipinski definition) is 4. The number of halogens is 2. The summed E-state index contributed by atoms with van der Waals surface area (Å²) < 4.78 is 36.8. The number of hydrogen-bond donors (Lipinski definition) is 1. The number of rotatable bonds is 6. The molecule has 0 saturated heterocycles. The zero-order chi connectivity index (χ0) is 18.4. The fourth-order valence-corrected chi connectivity index (χ4v) is 2.29. The summed E-state index contributed by atoms with van der Waals surface area (Å²) in [5.74, 6) is -3.44. The molecular formula is C18H17F2NO4. The predicted octanol–water partition coefficient (Wildman–Crippen LogP) is 2.49. The summed E-state index contributed by atoms with van der Waals surface area (Å²) in [6, 6.07) is 9.09. The van der Waals surface area contributed by atoms with Crippen molar-refractivity contribution in [1.82, 2.24) is 5.32 Å². The molecular weight excluding hydrogens is 332 g/mol. The maximum Gasteiger partial charge on any atom is 0.328 e. The van der Waals surface area contributed by atoms with Crippen molar-refractivity contribution in [3.63, 3.8) is 0 Å². The summed E-state index contributed by atoms with van der Waals surface area (Å²) in [7, 11) is 2.68. The van der Waals surface area contributed by atoms with Crippen molar-refractivity contribution in [3.05, 3.63) is 65.2 Å². The van der Waals surface area contributed by atoms with E-state index < -0.39 is 35.1 Å². The Morgan fingerprint density at radius 1 is 1.12 bits per heavy atom. The Balaban J connectivity index is 2.21. The molecule has 2 aromatic carbocycles. The van der Waals surface area contributed by atoms with Crippen molar-refractivity contribution in [2.45, 2.75) is 12.5 Å². The third-order valence-electron chi connectivity index (χ3n) is 3.56. The molecule has 5 nitrogen and oxygen atoms in total. The first-order chi connectivity index (χ1) is 12.0. The van der Waals surface area contributed by atoms with E-state index in [1.165, 1.54) is 20.3 Å². The average molecular weight is 349 g/mol. The molecule has 0 saturated carbocycles. The Hall–Kier alpha value is -2.96. The largest absolute Gasteiger partial charge is 0.497 e. The Morgan fingerprint density at radius 2 is 1.84 bits per heavy atom. The van der Waals surface area contributed by atoms with E-state index in [2.05, 4.69) is 10.1 Å². The van der Waals surface area contributed by atoms with Crippen LogP contribution < -0.4 is 10.1 Å². The maximum atomic E-state index is 13.7. The number of amides is 1. The summed E-state index contributed by atoms with van der Waals surface area (Å²) in [4.78, 5) is 24.2. The zero-order valence-corrected chi connectivity index (χ0v) is 13.7. The second kappa shape index (κ2) is 8.23. The highest BCUT2D eigenvalue weighted by Gasteiger charge is 2.24. The van der Waals surface area contributed by atoms with Crippen molar-refractivity contribution >= 4 is 11.9 Å². The van der Waals surface area contributed by atoms with Gasteiger partial charge in [-0.2, -0.15) is 0 Å². The molecule has 1 atom stereocenters. The van der Waals surface area contributed by atoms with Crippen LogP contribution in [0.25, 0.3) is 0 Å². The molecule has 0 fully saturated rings. The van der Waals surface area contributed by atoms with Gasteiger partial charge in [0.25, 0.3) is 5.91 Å². The molecule has 0 spiro atoms. The molecule has 0 bridgehead atoms. The first-order valence-electron chi connectivity index (χ1n) is 7.42. The quantitative estimate of drug-likeness (QED) is 0.814. The number of ether oxygens (including phenoxy) is 2. The number of nitrogens with one attached hydrogen (secondary N) is 1. The third-order valence-corrected chi connectivity index (χ3v) is 3.56. The van der Waals surface area contributed by atoms with Crippen molar-refractivity contribution in [2.24, 2.45) is 0 Å². The minimum atomic E-state index is -1.27. The molecule has 0 heterocycles. The first kappa shape index (κ1) is 18.4. The summed E-state index contributed by atoms with van der Waals surface area (Å²) in [6.45, 7) is 0. The van der Waals surface area contributed by atoms with Gasteiger partial charge in [0.05, 0.1) is 19.8 Å². The fourth-order valence-electron chi connectivity index (χ4n) is 2.29. The molecule has 7 heteroatoms. The Labute approximate surface area is 143 Å². The van der Waals surface area contributed by atoms with Gasteiger partial charge < -0.3 is 14.8 Å². The van der Waals surface area contributed by atoms with Gasteiger partial charge in [-0.05, 0) is 29.8 Å². The van der Waals surface area contributed by atoms with Crippen LogP contribution in [0.4, 0.5) is 8.78 Å².